The van der Waals surface area contributed by atoms with Gasteiger partial charge in [-0.05, 0) is 56.2 Å². The molecule has 420 valence electrons. The Hall–Kier alpha value is -7.70. The molecule has 0 aromatic heterocycles. The smallest absolute Gasteiger partial charge is 0.326 e. The molecule has 0 heterocycles. The van der Waals surface area contributed by atoms with Gasteiger partial charge in [-0.3, -0.25) is 52.9 Å². The molecule has 11 atom stereocenters. The molecule has 30 nitrogen and oxygen atoms in total. The highest BCUT2D eigenvalue weighted by atomic mass is 16.4. The molecule has 10 amide bonds. The van der Waals surface area contributed by atoms with Crippen LogP contribution in [-0.4, -0.2) is 183 Å². The van der Waals surface area contributed by atoms with Gasteiger partial charge in [-0.25, -0.2) is 4.79 Å². The normalized spacial score (nSPS) is 15.4. The van der Waals surface area contributed by atoms with Gasteiger partial charge in [0.05, 0.1) is 38.3 Å². The molecule has 0 bridgehead atoms. The summed E-state index contributed by atoms with van der Waals surface area (Å²) >= 11 is 0. The largest absolute Gasteiger partial charge is 0.508 e. The van der Waals surface area contributed by atoms with E-state index in [-0.39, 0.29) is 31.1 Å². The first-order chi connectivity index (χ1) is 35.1. The predicted molar refractivity (Wildman–Crippen MR) is 265 cm³/mol. The van der Waals surface area contributed by atoms with Crippen LogP contribution >= 0.6 is 0 Å². The number of nitrogens with two attached hydrogens (primary N) is 4. The third-order valence-electron chi connectivity index (χ3n) is 11.3. The molecule has 0 saturated heterocycles. The van der Waals surface area contributed by atoms with Crippen LogP contribution in [-0.2, 0) is 59.2 Å². The standard InChI is InChI=1S/C45H74N14O16/c1-7-21(4)34(42(72)54-28(44(74)75)16-31(47)64)58-38(68)27(15-24-10-12-25(63)13-11-24)53-32(65)17-51-41(71)33(20(2)3)57-40(70)30(19-61)55-39(69)29(18-60)56-43(73)35(23(6)62)59-36(66)22(5)52-37(67)26(46)9-8-14-50-45(48)49/h10-13,20-23,26-30,33-35,60-63H,7-9,14-19,46H2,1-6H3,(H2,47,64)(H,51,71)(H,52,67)(H,53,65)(H,54,72)(H,55,69)(H,56,73)(H,57,70)(H,58,68)(H,59,66)(H,74,75)(H4,48,49,50)/t21-,22-,23+,26-,27-,28-,29-,30-,33-,34-,35-/m0/s1. The first kappa shape index (κ1) is 65.3. The Morgan fingerprint density at radius 3 is 1.63 bits per heavy atom. The molecule has 0 fully saturated rings. The average Bonchev–Trinajstić information content (AvgIpc) is 3.34. The van der Waals surface area contributed by atoms with Crippen LogP contribution in [0.1, 0.15) is 72.8 Å². The molecule has 1 aromatic carbocycles. The third kappa shape index (κ3) is 23.4. The fourth-order valence-corrected chi connectivity index (χ4v) is 6.65. The van der Waals surface area contributed by atoms with E-state index in [1.807, 2.05) is 0 Å². The highest BCUT2D eigenvalue weighted by Crippen LogP contribution is 2.14. The van der Waals surface area contributed by atoms with E-state index in [9.17, 15) is 78.3 Å². The Balaban J connectivity index is 3.10. The lowest BCUT2D eigenvalue weighted by molar-refractivity contribution is -0.144. The maximum absolute atomic E-state index is 13.8. The molecular weight excluding hydrogens is 993 g/mol. The summed E-state index contributed by atoms with van der Waals surface area (Å²) in [7, 11) is 0. The second kappa shape index (κ2) is 32.5. The van der Waals surface area contributed by atoms with Crippen molar-refractivity contribution in [3.63, 3.8) is 0 Å². The van der Waals surface area contributed by atoms with Gasteiger partial charge in [0.25, 0.3) is 0 Å². The van der Waals surface area contributed by atoms with Crippen LogP contribution in [0.3, 0.4) is 0 Å². The fourth-order valence-electron chi connectivity index (χ4n) is 6.65. The van der Waals surface area contributed by atoms with Crippen molar-refractivity contribution in [2.45, 2.75) is 134 Å². The van der Waals surface area contributed by atoms with E-state index in [0.717, 1.165) is 6.92 Å². The molecule has 75 heavy (non-hydrogen) atoms. The zero-order valence-corrected chi connectivity index (χ0v) is 42.6. The summed E-state index contributed by atoms with van der Waals surface area (Å²) in [6, 6.07) is -8.19. The number of carbonyl (C=O) groups excluding carboxylic acids is 10. The quantitative estimate of drug-likeness (QED) is 0.0177. The van der Waals surface area contributed by atoms with Gasteiger partial charge in [0.2, 0.25) is 59.1 Å². The summed E-state index contributed by atoms with van der Waals surface area (Å²) in [6.07, 6.45) is -1.77. The number of phenols is 1. The van der Waals surface area contributed by atoms with Crippen molar-refractivity contribution in [2.24, 2.45) is 39.8 Å². The van der Waals surface area contributed by atoms with E-state index in [0.29, 0.717) is 18.4 Å². The average molecular weight is 1070 g/mol. The zero-order valence-electron chi connectivity index (χ0n) is 42.6. The third-order valence-corrected chi connectivity index (χ3v) is 11.3. The summed E-state index contributed by atoms with van der Waals surface area (Å²) < 4.78 is 0. The van der Waals surface area contributed by atoms with Crippen molar-refractivity contribution in [2.75, 3.05) is 26.3 Å². The van der Waals surface area contributed by atoms with Gasteiger partial charge in [0.15, 0.2) is 5.96 Å². The van der Waals surface area contributed by atoms with Crippen molar-refractivity contribution in [1.82, 2.24) is 47.9 Å². The van der Waals surface area contributed by atoms with Gasteiger partial charge in [0.1, 0.15) is 54.1 Å². The number of nitrogens with one attached hydrogen (secondary N) is 9. The van der Waals surface area contributed by atoms with Crippen molar-refractivity contribution in [3.8, 4) is 5.75 Å². The lowest BCUT2D eigenvalue weighted by atomic mass is 9.96. The Morgan fingerprint density at radius 1 is 0.613 bits per heavy atom. The molecule has 0 aliphatic rings. The number of aliphatic imine (C=N–C) groups is 1. The van der Waals surface area contributed by atoms with Crippen LogP contribution in [0.2, 0.25) is 0 Å². The van der Waals surface area contributed by atoms with Crippen LogP contribution < -0.4 is 70.8 Å². The minimum atomic E-state index is -1.84. The first-order valence-corrected chi connectivity index (χ1v) is 23.8. The van der Waals surface area contributed by atoms with Crippen LogP contribution in [0.25, 0.3) is 0 Å². The summed E-state index contributed by atoms with van der Waals surface area (Å²) in [5.41, 5.74) is 22.0. The van der Waals surface area contributed by atoms with Crippen molar-refractivity contribution < 1.29 is 78.3 Å². The molecule has 22 N–H and O–H groups in total. The Labute approximate surface area is 432 Å². The van der Waals surface area contributed by atoms with Crippen LogP contribution in [0.4, 0.5) is 0 Å². The lowest BCUT2D eigenvalue weighted by Crippen LogP contribution is -2.62. The highest BCUT2D eigenvalue weighted by Gasteiger charge is 2.36. The Bertz CT molecular complexity index is 2180. The van der Waals surface area contributed by atoms with E-state index >= 15 is 0 Å². The topological polar surface area (TPSA) is 514 Å². The number of primary amides is 1. The van der Waals surface area contributed by atoms with Gasteiger partial charge in [-0.15, -0.1) is 0 Å². The predicted octanol–water partition coefficient (Wildman–Crippen LogP) is -7.64. The number of phenolic OH excluding ortho intramolecular Hbond substituents is 1. The number of hydrogen-bond acceptors (Lipinski definition) is 17. The van der Waals surface area contributed by atoms with E-state index in [1.54, 1.807) is 13.8 Å². The number of aliphatic carboxylic acids is 1. The number of rotatable bonds is 33. The van der Waals surface area contributed by atoms with Crippen molar-refractivity contribution >= 4 is 71.0 Å². The van der Waals surface area contributed by atoms with E-state index in [4.69, 9.17) is 22.9 Å². The number of carboxylic acid groups (broad SMARTS) is 1. The number of carboxylic acids is 1. The number of guanidine groups is 1. The van der Waals surface area contributed by atoms with E-state index < -0.39 is 164 Å². The number of hydrogen-bond donors (Lipinski definition) is 18. The number of amides is 10. The summed E-state index contributed by atoms with van der Waals surface area (Å²) in [5, 5.41) is 70.4. The molecule has 1 rings (SSSR count). The van der Waals surface area contributed by atoms with E-state index in [2.05, 4.69) is 52.8 Å². The second-order valence-electron chi connectivity index (χ2n) is 17.9. The molecule has 30 heteroatoms. The lowest BCUT2D eigenvalue weighted by Gasteiger charge is -2.28. The first-order valence-electron chi connectivity index (χ1n) is 23.8. The number of aromatic hydroxyl groups is 1. The molecule has 0 spiro atoms. The van der Waals surface area contributed by atoms with Crippen LogP contribution in [0.15, 0.2) is 29.3 Å². The summed E-state index contributed by atoms with van der Waals surface area (Å²) in [4.78, 5) is 146. The maximum Gasteiger partial charge on any atom is 0.326 e. The number of benzene rings is 1. The molecular formula is C45H74N14O16. The monoisotopic (exact) mass is 1070 g/mol. The number of aliphatic hydroxyl groups excluding tert-OH is 3. The van der Waals surface area contributed by atoms with Gasteiger partial charge in [-0.2, -0.15) is 0 Å². The van der Waals surface area contributed by atoms with Gasteiger partial charge >= 0.3 is 5.97 Å². The summed E-state index contributed by atoms with van der Waals surface area (Å²) in [5.74, 6) is -13.2. The molecule has 0 aliphatic heterocycles. The van der Waals surface area contributed by atoms with Crippen molar-refractivity contribution in [3.05, 3.63) is 29.8 Å². The summed E-state index contributed by atoms with van der Waals surface area (Å²) in [6.45, 7) is 5.90. The Morgan fingerprint density at radius 2 is 1.12 bits per heavy atom. The molecule has 0 radical (unpaired) electrons. The molecule has 0 aliphatic carbocycles. The second-order valence-corrected chi connectivity index (χ2v) is 17.9. The Kier molecular flexibility index (Phi) is 28.3. The highest BCUT2D eigenvalue weighted by molar-refractivity contribution is 5.98. The number of nitrogens with zero attached hydrogens (tertiary/aromatic N) is 1. The minimum Gasteiger partial charge on any atom is -0.508 e. The van der Waals surface area contributed by atoms with Crippen LogP contribution in [0.5, 0.6) is 5.75 Å². The zero-order chi connectivity index (χ0) is 57.3. The molecule has 0 saturated carbocycles. The fraction of sp³-hybridized carbons (Fsp3) is 0.600. The van der Waals surface area contributed by atoms with Gasteiger partial charge in [0, 0.05) is 13.0 Å². The van der Waals surface area contributed by atoms with Crippen molar-refractivity contribution in [1.29, 1.82) is 0 Å². The van der Waals surface area contributed by atoms with E-state index in [1.165, 1.54) is 45.0 Å². The SMILES string of the molecule is CC[C@H](C)[C@H](NC(=O)[C@H](Cc1ccc(O)cc1)NC(=O)CNC(=O)[C@@H](NC(=O)[C@H](CO)NC(=O)[C@H](CO)NC(=O)[C@@H](NC(=O)[C@H](C)NC(=O)[C@@H](N)CCCN=C(N)N)[C@@H](C)O)C(C)C)C(=O)N[C@@H](CC(N)=O)C(=O)O. The van der Waals surface area contributed by atoms with Gasteiger partial charge in [-0.1, -0.05) is 46.2 Å². The number of carbonyl (C=O) groups is 11. The molecule has 0 unspecified atom stereocenters. The van der Waals surface area contributed by atoms with Gasteiger partial charge < -0.3 is 96.3 Å². The maximum atomic E-state index is 13.8. The minimum absolute atomic E-state index is 0.110. The molecule has 1 aromatic rings. The van der Waals surface area contributed by atoms with Crippen LogP contribution in [0, 0.1) is 11.8 Å². The number of aliphatic hydroxyl groups is 3.